The van der Waals surface area contributed by atoms with Gasteiger partial charge in [0.25, 0.3) is 0 Å². The molecule has 1 atom stereocenters. The van der Waals surface area contributed by atoms with E-state index in [1.807, 2.05) is 0 Å². The lowest BCUT2D eigenvalue weighted by Gasteiger charge is -2.19. The Morgan fingerprint density at radius 3 is 2.53 bits per heavy atom. The third kappa shape index (κ3) is 4.42. The lowest BCUT2D eigenvalue weighted by atomic mass is 10.0. The highest BCUT2D eigenvalue weighted by Gasteiger charge is 2.27. The molecule has 15 heavy (non-hydrogen) atoms. The van der Waals surface area contributed by atoms with Gasteiger partial charge in [-0.15, -0.1) is 0 Å². The molecule has 0 radical (unpaired) electrons. The van der Waals surface area contributed by atoms with Crippen molar-refractivity contribution in [3.05, 3.63) is 0 Å². The quantitative estimate of drug-likeness (QED) is 0.525. The third-order valence-electron chi connectivity index (χ3n) is 2.12. The van der Waals surface area contributed by atoms with E-state index < -0.39 is 11.6 Å². The molecule has 0 spiro atoms. The summed E-state index contributed by atoms with van der Waals surface area (Å²) in [4.78, 5) is 22.9. The van der Waals surface area contributed by atoms with Gasteiger partial charge in [-0.3, -0.25) is 9.59 Å². The van der Waals surface area contributed by atoms with E-state index in [1.54, 1.807) is 20.8 Å². The summed E-state index contributed by atoms with van der Waals surface area (Å²) < 4.78 is 10.2. The van der Waals surface area contributed by atoms with Crippen molar-refractivity contribution < 1.29 is 19.1 Å². The summed E-state index contributed by atoms with van der Waals surface area (Å²) in [6, 6.07) is 0. The normalized spacial score (nSPS) is 21.4. The van der Waals surface area contributed by atoms with Crippen LogP contribution in [0.1, 0.15) is 33.6 Å². The Morgan fingerprint density at radius 2 is 2.07 bits per heavy atom. The summed E-state index contributed by atoms with van der Waals surface area (Å²) in [6.07, 6.45) is 0.590. The zero-order chi connectivity index (χ0) is 11.5. The van der Waals surface area contributed by atoms with Gasteiger partial charge in [0.1, 0.15) is 17.8 Å². The second-order valence-corrected chi connectivity index (χ2v) is 4.79. The predicted octanol–water partition coefficient (Wildman–Crippen LogP) is 1.32. The standard InChI is InChI=1S/C11H18O4/c1-11(2,3)15-10(13)6-9(12)8-4-5-14-7-8/h8H,4-7H2,1-3H3. The topological polar surface area (TPSA) is 52.6 Å². The van der Waals surface area contributed by atoms with Crippen molar-refractivity contribution in [2.45, 2.75) is 39.2 Å². The predicted molar refractivity (Wildman–Crippen MR) is 54.4 cm³/mol. The minimum atomic E-state index is -0.524. The molecule has 0 aromatic carbocycles. The Labute approximate surface area is 89.9 Å². The van der Waals surface area contributed by atoms with E-state index in [0.717, 1.165) is 6.42 Å². The highest BCUT2D eigenvalue weighted by molar-refractivity contribution is 5.97. The highest BCUT2D eigenvalue weighted by Crippen LogP contribution is 2.16. The van der Waals surface area contributed by atoms with Gasteiger partial charge in [0.2, 0.25) is 0 Å². The van der Waals surface area contributed by atoms with Crippen molar-refractivity contribution in [2.24, 2.45) is 5.92 Å². The van der Waals surface area contributed by atoms with Crippen LogP contribution in [0.2, 0.25) is 0 Å². The molecular weight excluding hydrogens is 196 g/mol. The van der Waals surface area contributed by atoms with Crippen molar-refractivity contribution in [2.75, 3.05) is 13.2 Å². The van der Waals surface area contributed by atoms with Crippen LogP contribution in [0.25, 0.3) is 0 Å². The van der Waals surface area contributed by atoms with Gasteiger partial charge in [-0.1, -0.05) is 0 Å². The number of carbonyl (C=O) groups excluding carboxylic acids is 2. The number of Topliss-reactive ketones (excluding diaryl/α,β-unsaturated/α-hetero) is 1. The van der Waals surface area contributed by atoms with Crippen molar-refractivity contribution in [1.29, 1.82) is 0 Å². The molecule has 4 nitrogen and oxygen atoms in total. The van der Waals surface area contributed by atoms with E-state index in [2.05, 4.69) is 0 Å². The Balaban J connectivity index is 2.34. The van der Waals surface area contributed by atoms with Crippen molar-refractivity contribution in [1.82, 2.24) is 0 Å². The fourth-order valence-corrected chi connectivity index (χ4v) is 1.45. The Bertz CT molecular complexity index is 246. The number of ether oxygens (including phenoxy) is 2. The van der Waals surface area contributed by atoms with Crippen LogP contribution in [0, 0.1) is 5.92 Å². The molecule has 4 heteroatoms. The first-order valence-corrected chi connectivity index (χ1v) is 5.21. The van der Waals surface area contributed by atoms with Crippen LogP contribution in [0.15, 0.2) is 0 Å². The summed E-state index contributed by atoms with van der Waals surface area (Å²) >= 11 is 0. The first-order chi connectivity index (χ1) is 6.88. The van der Waals surface area contributed by atoms with Gasteiger partial charge in [-0.05, 0) is 27.2 Å². The van der Waals surface area contributed by atoms with Crippen LogP contribution in [-0.2, 0) is 19.1 Å². The Morgan fingerprint density at radius 1 is 1.40 bits per heavy atom. The van der Waals surface area contributed by atoms with Crippen LogP contribution in [0.3, 0.4) is 0 Å². The van der Waals surface area contributed by atoms with E-state index >= 15 is 0 Å². The minimum absolute atomic E-state index is 0.0678. The summed E-state index contributed by atoms with van der Waals surface area (Å²) in [7, 11) is 0. The van der Waals surface area contributed by atoms with Crippen LogP contribution in [-0.4, -0.2) is 30.6 Å². The second kappa shape index (κ2) is 4.75. The SMILES string of the molecule is CC(C)(C)OC(=O)CC(=O)C1CCOC1. The fourth-order valence-electron chi connectivity index (χ4n) is 1.45. The third-order valence-corrected chi connectivity index (χ3v) is 2.12. The summed E-state index contributed by atoms with van der Waals surface area (Å²) in [5.41, 5.74) is -0.524. The highest BCUT2D eigenvalue weighted by atomic mass is 16.6. The van der Waals surface area contributed by atoms with E-state index in [1.165, 1.54) is 0 Å². The number of hydrogen-bond donors (Lipinski definition) is 0. The molecule has 0 aromatic rings. The number of carbonyl (C=O) groups is 2. The molecule has 1 saturated heterocycles. The van der Waals surface area contributed by atoms with Gasteiger partial charge >= 0.3 is 5.97 Å². The summed E-state index contributed by atoms with van der Waals surface area (Å²) in [5.74, 6) is -0.626. The average Bonchev–Trinajstić information content (AvgIpc) is 2.50. The minimum Gasteiger partial charge on any atom is -0.460 e. The maximum atomic E-state index is 11.6. The molecule has 1 heterocycles. The largest absolute Gasteiger partial charge is 0.460 e. The van der Waals surface area contributed by atoms with Gasteiger partial charge in [0.15, 0.2) is 0 Å². The molecule has 1 aliphatic heterocycles. The van der Waals surface area contributed by atoms with Gasteiger partial charge in [0, 0.05) is 12.5 Å². The molecule has 1 fully saturated rings. The summed E-state index contributed by atoms with van der Waals surface area (Å²) in [5, 5.41) is 0. The smallest absolute Gasteiger partial charge is 0.313 e. The number of hydrogen-bond acceptors (Lipinski definition) is 4. The lowest BCUT2D eigenvalue weighted by Crippen LogP contribution is -2.27. The molecule has 0 bridgehead atoms. The van der Waals surface area contributed by atoms with Crippen LogP contribution in [0.4, 0.5) is 0 Å². The van der Waals surface area contributed by atoms with E-state index in [4.69, 9.17) is 9.47 Å². The maximum absolute atomic E-state index is 11.6. The van der Waals surface area contributed by atoms with Crippen molar-refractivity contribution in [3.8, 4) is 0 Å². The van der Waals surface area contributed by atoms with Crippen LogP contribution >= 0.6 is 0 Å². The van der Waals surface area contributed by atoms with E-state index in [0.29, 0.717) is 13.2 Å². The van der Waals surface area contributed by atoms with Crippen molar-refractivity contribution in [3.63, 3.8) is 0 Å². The molecular formula is C11H18O4. The average molecular weight is 214 g/mol. The number of esters is 1. The lowest BCUT2D eigenvalue weighted by molar-refractivity contribution is -0.156. The van der Waals surface area contributed by atoms with Gasteiger partial charge in [-0.25, -0.2) is 0 Å². The van der Waals surface area contributed by atoms with E-state index in [-0.39, 0.29) is 18.1 Å². The Kier molecular flexibility index (Phi) is 3.85. The van der Waals surface area contributed by atoms with Crippen molar-refractivity contribution >= 4 is 11.8 Å². The van der Waals surface area contributed by atoms with E-state index in [9.17, 15) is 9.59 Å². The molecule has 0 aromatic heterocycles. The monoisotopic (exact) mass is 214 g/mol. The van der Waals surface area contributed by atoms with Gasteiger partial charge < -0.3 is 9.47 Å². The number of rotatable bonds is 3. The molecule has 0 amide bonds. The molecule has 0 N–H and O–H groups in total. The molecule has 1 aliphatic rings. The molecule has 0 saturated carbocycles. The molecule has 86 valence electrons. The number of ketones is 1. The van der Waals surface area contributed by atoms with Crippen LogP contribution in [0.5, 0.6) is 0 Å². The van der Waals surface area contributed by atoms with Gasteiger partial charge in [-0.2, -0.15) is 0 Å². The zero-order valence-electron chi connectivity index (χ0n) is 9.54. The molecule has 1 rings (SSSR count). The Hall–Kier alpha value is -0.900. The maximum Gasteiger partial charge on any atom is 0.313 e. The zero-order valence-corrected chi connectivity index (χ0v) is 9.54. The molecule has 1 unspecified atom stereocenters. The van der Waals surface area contributed by atoms with Gasteiger partial charge in [0.05, 0.1) is 6.61 Å². The fraction of sp³-hybridized carbons (Fsp3) is 0.818. The first-order valence-electron chi connectivity index (χ1n) is 5.21. The molecule has 0 aliphatic carbocycles. The first kappa shape index (κ1) is 12.2. The van der Waals surface area contributed by atoms with Crippen LogP contribution < -0.4 is 0 Å². The summed E-state index contributed by atoms with van der Waals surface area (Å²) in [6.45, 7) is 6.42. The second-order valence-electron chi connectivity index (χ2n) is 4.79.